The molecule has 0 saturated heterocycles. The first-order valence-corrected chi connectivity index (χ1v) is 9.06. The molecule has 0 atom stereocenters. The minimum atomic E-state index is -0.777. The topological polar surface area (TPSA) is 66.4 Å². The number of aliphatic carboxylic acids is 1. The number of nitrogens with one attached hydrogen (secondary N) is 1. The van der Waals surface area contributed by atoms with Crippen molar-refractivity contribution in [3.63, 3.8) is 0 Å². The summed E-state index contributed by atoms with van der Waals surface area (Å²) in [5.41, 5.74) is -0.225. The smallest absolute Gasteiger partial charge is 0.311 e. The predicted molar refractivity (Wildman–Crippen MR) is 91.2 cm³/mol. The van der Waals surface area contributed by atoms with Gasteiger partial charge < -0.3 is 10.4 Å². The van der Waals surface area contributed by atoms with Gasteiger partial charge in [0.1, 0.15) is 0 Å². The SMILES string of the molecule is O=C(O)C1(CNC(=O)C2(c3cccc(Br)c3)CC2)CCCCC1. The lowest BCUT2D eigenvalue weighted by atomic mass is 9.74. The highest BCUT2D eigenvalue weighted by Gasteiger charge is 2.52. The highest BCUT2D eigenvalue weighted by atomic mass is 79.9. The van der Waals surface area contributed by atoms with Crippen LogP contribution in [0.25, 0.3) is 0 Å². The molecule has 0 spiro atoms. The zero-order valence-electron chi connectivity index (χ0n) is 13.1. The molecule has 2 N–H and O–H groups in total. The zero-order chi connectivity index (χ0) is 16.5. The molecular weight excluding hydrogens is 358 g/mol. The molecule has 23 heavy (non-hydrogen) atoms. The molecule has 1 aromatic rings. The van der Waals surface area contributed by atoms with Gasteiger partial charge in [0.05, 0.1) is 10.8 Å². The lowest BCUT2D eigenvalue weighted by Crippen LogP contribution is -2.47. The molecule has 0 radical (unpaired) electrons. The second-order valence-electron chi connectivity index (χ2n) is 6.92. The van der Waals surface area contributed by atoms with Crippen molar-refractivity contribution >= 4 is 27.8 Å². The van der Waals surface area contributed by atoms with Gasteiger partial charge in [0, 0.05) is 11.0 Å². The Morgan fingerprint density at radius 1 is 1.13 bits per heavy atom. The summed E-state index contributed by atoms with van der Waals surface area (Å²) in [6.45, 7) is 0.247. The first-order chi connectivity index (χ1) is 11.0. The van der Waals surface area contributed by atoms with Crippen molar-refractivity contribution in [3.8, 4) is 0 Å². The molecule has 0 aromatic heterocycles. The van der Waals surface area contributed by atoms with E-state index in [2.05, 4.69) is 21.2 Å². The Kier molecular flexibility index (Phi) is 4.50. The van der Waals surface area contributed by atoms with Crippen LogP contribution in [0.5, 0.6) is 0 Å². The van der Waals surface area contributed by atoms with Gasteiger partial charge in [-0.2, -0.15) is 0 Å². The molecule has 5 heteroatoms. The van der Waals surface area contributed by atoms with E-state index in [1.54, 1.807) is 0 Å². The average Bonchev–Trinajstić information content (AvgIpc) is 3.35. The van der Waals surface area contributed by atoms with Gasteiger partial charge in [-0.25, -0.2) is 0 Å². The number of halogens is 1. The van der Waals surface area contributed by atoms with Crippen LogP contribution >= 0.6 is 15.9 Å². The minimum absolute atomic E-state index is 0.0261. The van der Waals surface area contributed by atoms with Crippen molar-refractivity contribution in [2.75, 3.05) is 6.54 Å². The molecule has 0 aliphatic heterocycles. The number of carbonyl (C=O) groups is 2. The van der Waals surface area contributed by atoms with E-state index in [4.69, 9.17) is 0 Å². The van der Waals surface area contributed by atoms with Crippen molar-refractivity contribution in [1.82, 2.24) is 5.32 Å². The van der Waals surface area contributed by atoms with E-state index < -0.39 is 16.8 Å². The van der Waals surface area contributed by atoms with Gasteiger partial charge in [-0.05, 0) is 43.4 Å². The van der Waals surface area contributed by atoms with Crippen molar-refractivity contribution < 1.29 is 14.7 Å². The number of carboxylic acids is 1. The van der Waals surface area contributed by atoms with Crippen LogP contribution in [0.3, 0.4) is 0 Å². The first-order valence-electron chi connectivity index (χ1n) is 8.26. The highest BCUT2D eigenvalue weighted by Crippen LogP contribution is 2.49. The van der Waals surface area contributed by atoms with Crippen LogP contribution in [0.15, 0.2) is 28.7 Å². The molecule has 2 aliphatic rings. The molecule has 3 rings (SSSR count). The molecule has 0 heterocycles. The number of benzene rings is 1. The summed E-state index contributed by atoms with van der Waals surface area (Å²) in [7, 11) is 0. The third kappa shape index (κ3) is 3.16. The maximum atomic E-state index is 12.7. The van der Waals surface area contributed by atoms with Gasteiger partial charge in [0.15, 0.2) is 0 Å². The number of carbonyl (C=O) groups excluding carboxylic acids is 1. The number of rotatable bonds is 5. The fraction of sp³-hybridized carbons (Fsp3) is 0.556. The summed E-state index contributed by atoms with van der Waals surface area (Å²) < 4.78 is 0.961. The number of amides is 1. The van der Waals surface area contributed by atoms with Crippen LogP contribution in [0.4, 0.5) is 0 Å². The van der Waals surface area contributed by atoms with E-state index in [1.807, 2.05) is 24.3 Å². The van der Waals surface area contributed by atoms with Crippen molar-refractivity contribution in [2.24, 2.45) is 5.41 Å². The Labute approximate surface area is 144 Å². The Hall–Kier alpha value is -1.36. The van der Waals surface area contributed by atoms with Crippen molar-refractivity contribution in [2.45, 2.75) is 50.4 Å². The van der Waals surface area contributed by atoms with Gasteiger partial charge in [-0.3, -0.25) is 9.59 Å². The van der Waals surface area contributed by atoms with Gasteiger partial charge in [-0.15, -0.1) is 0 Å². The van der Waals surface area contributed by atoms with E-state index in [0.29, 0.717) is 12.8 Å². The fourth-order valence-corrected chi connectivity index (χ4v) is 4.07. The quantitative estimate of drug-likeness (QED) is 0.820. The third-order valence-electron chi connectivity index (χ3n) is 5.41. The van der Waals surface area contributed by atoms with E-state index in [1.165, 1.54) is 0 Å². The van der Waals surface area contributed by atoms with E-state index in [-0.39, 0.29) is 12.5 Å². The van der Waals surface area contributed by atoms with E-state index >= 15 is 0 Å². The van der Waals surface area contributed by atoms with Gasteiger partial charge >= 0.3 is 5.97 Å². The largest absolute Gasteiger partial charge is 0.481 e. The minimum Gasteiger partial charge on any atom is -0.481 e. The first kappa shape index (κ1) is 16.5. The standard InChI is InChI=1S/C18H22BrNO3/c19-14-6-4-5-13(11-14)18(9-10-18)15(21)20-12-17(16(22)23)7-2-1-3-8-17/h4-6,11H,1-3,7-10,12H2,(H,20,21)(H,22,23). The van der Waals surface area contributed by atoms with E-state index in [0.717, 1.165) is 42.1 Å². The predicted octanol–water partition coefficient (Wildman–Crippen LogP) is 3.63. The molecular formula is C18H22BrNO3. The van der Waals surface area contributed by atoms with Crippen LogP contribution in [0.2, 0.25) is 0 Å². The number of carboxylic acid groups (broad SMARTS) is 1. The molecule has 2 saturated carbocycles. The molecule has 0 bridgehead atoms. The normalized spacial score (nSPS) is 21.4. The van der Waals surface area contributed by atoms with Crippen LogP contribution in [-0.4, -0.2) is 23.5 Å². The van der Waals surface area contributed by atoms with Gasteiger partial charge in [0.2, 0.25) is 5.91 Å². The summed E-state index contributed by atoms with van der Waals surface area (Å²) in [5.74, 6) is -0.799. The zero-order valence-corrected chi connectivity index (χ0v) is 14.7. The molecule has 1 amide bonds. The van der Waals surface area contributed by atoms with Crippen LogP contribution in [-0.2, 0) is 15.0 Å². The second-order valence-corrected chi connectivity index (χ2v) is 7.84. The Morgan fingerprint density at radius 2 is 1.83 bits per heavy atom. The highest BCUT2D eigenvalue weighted by molar-refractivity contribution is 9.10. The van der Waals surface area contributed by atoms with Crippen LogP contribution in [0.1, 0.15) is 50.5 Å². The maximum absolute atomic E-state index is 12.7. The lowest BCUT2D eigenvalue weighted by Gasteiger charge is -2.33. The third-order valence-corrected chi connectivity index (χ3v) is 5.91. The second kappa shape index (κ2) is 6.27. The monoisotopic (exact) mass is 379 g/mol. The fourth-order valence-electron chi connectivity index (χ4n) is 3.67. The van der Waals surface area contributed by atoms with Crippen molar-refractivity contribution in [1.29, 1.82) is 0 Å². The molecule has 0 unspecified atom stereocenters. The van der Waals surface area contributed by atoms with Crippen molar-refractivity contribution in [3.05, 3.63) is 34.3 Å². The summed E-state index contributed by atoms with van der Waals surface area (Å²) >= 11 is 3.45. The summed E-state index contributed by atoms with van der Waals surface area (Å²) in [6, 6.07) is 7.84. The Balaban J connectivity index is 1.70. The molecule has 124 valence electrons. The summed E-state index contributed by atoms with van der Waals surface area (Å²) in [4.78, 5) is 24.4. The van der Waals surface area contributed by atoms with Gasteiger partial charge in [0.25, 0.3) is 0 Å². The maximum Gasteiger partial charge on any atom is 0.311 e. The van der Waals surface area contributed by atoms with E-state index in [9.17, 15) is 14.7 Å². The molecule has 2 aliphatic carbocycles. The Bertz CT molecular complexity index is 618. The molecule has 2 fully saturated rings. The average molecular weight is 380 g/mol. The summed E-state index contributed by atoms with van der Waals surface area (Å²) in [6.07, 6.45) is 5.92. The Morgan fingerprint density at radius 3 is 2.39 bits per heavy atom. The van der Waals surface area contributed by atoms with Crippen LogP contribution in [0, 0.1) is 5.41 Å². The summed E-state index contributed by atoms with van der Waals surface area (Å²) in [5, 5.41) is 12.6. The number of hydrogen-bond donors (Lipinski definition) is 2. The lowest BCUT2D eigenvalue weighted by molar-refractivity contribution is -0.151. The van der Waals surface area contributed by atoms with Gasteiger partial charge in [-0.1, -0.05) is 47.3 Å². The van der Waals surface area contributed by atoms with Crippen LogP contribution < -0.4 is 5.32 Å². The molecule has 4 nitrogen and oxygen atoms in total. The molecule has 1 aromatic carbocycles. The number of hydrogen-bond acceptors (Lipinski definition) is 2.